The van der Waals surface area contributed by atoms with Crippen LogP contribution in [0.1, 0.15) is 5.69 Å². The summed E-state index contributed by atoms with van der Waals surface area (Å²) in [6.07, 6.45) is 5.29. The van der Waals surface area contributed by atoms with Crippen molar-refractivity contribution in [2.24, 2.45) is 0 Å². The zero-order valence-corrected chi connectivity index (χ0v) is 18.3. The van der Waals surface area contributed by atoms with E-state index in [1.54, 1.807) is 11.8 Å². The third-order valence-electron chi connectivity index (χ3n) is 5.29. The molecule has 4 heterocycles. The quantitative estimate of drug-likeness (QED) is 0.429. The second-order valence-electron chi connectivity index (χ2n) is 7.53. The Morgan fingerprint density at radius 2 is 2.09 bits per heavy atom. The Morgan fingerprint density at radius 3 is 3.03 bits per heavy atom. The fourth-order valence-electron chi connectivity index (χ4n) is 3.70. The van der Waals surface area contributed by atoms with Gasteiger partial charge in [-0.2, -0.15) is 0 Å². The lowest BCUT2D eigenvalue weighted by Crippen LogP contribution is -2.48. The summed E-state index contributed by atoms with van der Waals surface area (Å²) in [6.45, 7) is 1.94. The second kappa shape index (κ2) is 9.54. The molecule has 0 spiro atoms. The Morgan fingerprint density at radius 1 is 1.19 bits per heavy atom. The first-order valence-electron chi connectivity index (χ1n) is 10.5. The van der Waals surface area contributed by atoms with Gasteiger partial charge in [-0.05, 0) is 24.3 Å². The summed E-state index contributed by atoms with van der Waals surface area (Å²) in [5, 5.41) is 0.863. The SMILES string of the molecule is O=C(CSCc1cn2ccccc2n1)N1CCOC(COc2ncnc3ccccc23)C1. The molecule has 1 saturated heterocycles. The van der Waals surface area contributed by atoms with Crippen LogP contribution in [-0.4, -0.2) is 68.3 Å². The Hall–Kier alpha value is -3.17. The average Bonchev–Trinajstić information content (AvgIpc) is 3.25. The minimum Gasteiger partial charge on any atom is -0.474 e. The van der Waals surface area contributed by atoms with Crippen LogP contribution >= 0.6 is 11.8 Å². The maximum absolute atomic E-state index is 12.7. The van der Waals surface area contributed by atoms with E-state index in [-0.39, 0.29) is 12.0 Å². The number of hydrogen-bond donors (Lipinski definition) is 0. The minimum atomic E-state index is -0.190. The first-order valence-corrected chi connectivity index (χ1v) is 11.6. The number of para-hydroxylation sites is 1. The molecule has 0 aliphatic carbocycles. The predicted molar refractivity (Wildman–Crippen MR) is 123 cm³/mol. The number of morpholine rings is 1. The number of carbonyl (C=O) groups excluding carboxylic acids is 1. The number of thioether (sulfide) groups is 1. The highest BCUT2D eigenvalue weighted by molar-refractivity contribution is 7.99. The van der Waals surface area contributed by atoms with Gasteiger partial charge in [-0.15, -0.1) is 11.8 Å². The molecule has 164 valence electrons. The van der Waals surface area contributed by atoms with Gasteiger partial charge in [-0.1, -0.05) is 18.2 Å². The number of imidazole rings is 1. The van der Waals surface area contributed by atoms with Crippen molar-refractivity contribution in [3.8, 4) is 5.88 Å². The van der Waals surface area contributed by atoms with Crippen molar-refractivity contribution >= 4 is 34.2 Å². The largest absolute Gasteiger partial charge is 0.474 e. The van der Waals surface area contributed by atoms with Crippen molar-refractivity contribution in [3.05, 3.63) is 66.9 Å². The summed E-state index contributed by atoms with van der Waals surface area (Å²) >= 11 is 1.58. The van der Waals surface area contributed by atoms with Crippen LogP contribution < -0.4 is 4.74 Å². The van der Waals surface area contributed by atoms with Crippen molar-refractivity contribution in [1.82, 2.24) is 24.3 Å². The van der Waals surface area contributed by atoms with E-state index in [1.165, 1.54) is 6.33 Å². The third-order valence-corrected chi connectivity index (χ3v) is 6.24. The molecule has 1 unspecified atom stereocenters. The second-order valence-corrected chi connectivity index (χ2v) is 8.52. The number of benzene rings is 1. The highest BCUT2D eigenvalue weighted by Gasteiger charge is 2.25. The number of ether oxygens (including phenoxy) is 2. The average molecular weight is 450 g/mol. The van der Waals surface area contributed by atoms with Gasteiger partial charge in [-0.3, -0.25) is 4.79 Å². The highest BCUT2D eigenvalue weighted by atomic mass is 32.2. The normalized spacial score (nSPS) is 16.5. The van der Waals surface area contributed by atoms with Gasteiger partial charge in [0.2, 0.25) is 11.8 Å². The molecule has 1 aromatic carbocycles. The standard InChI is InChI=1S/C23H23N5O3S/c29-22(15-32-14-17-11-27-8-4-3-7-21(27)26-17)28-9-10-30-18(12-28)13-31-23-19-5-1-2-6-20(19)24-16-25-23/h1-8,11,16,18H,9-10,12-15H2. The van der Waals surface area contributed by atoms with Crippen LogP contribution in [-0.2, 0) is 15.3 Å². The molecule has 9 heteroatoms. The summed E-state index contributed by atoms with van der Waals surface area (Å²) in [6, 6.07) is 13.6. The molecule has 1 fully saturated rings. The minimum absolute atomic E-state index is 0.111. The highest BCUT2D eigenvalue weighted by Crippen LogP contribution is 2.21. The molecule has 3 aromatic heterocycles. The Balaban J connectivity index is 1.12. The molecule has 0 saturated carbocycles. The van der Waals surface area contributed by atoms with Gasteiger partial charge < -0.3 is 18.8 Å². The fourth-order valence-corrected chi connectivity index (χ4v) is 4.51. The summed E-state index contributed by atoms with van der Waals surface area (Å²) in [4.78, 5) is 27.7. The summed E-state index contributed by atoms with van der Waals surface area (Å²) in [5.41, 5.74) is 2.72. The van der Waals surface area contributed by atoms with E-state index in [9.17, 15) is 4.79 Å². The lowest BCUT2D eigenvalue weighted by atomic mass is 10.2. The number of nitrogens with zero attached hydrogens (tertiary/aromatic N) is 5. The van der Waals surface area contributed by atoms with Crippen molar-refractivity contribution in [2.75, 3.05) is 32.1 Å². The first-order chi connectivity index (χ1) is 15.8. The number of rotatable bonds is 7. The zero-order chi connectivity index (χ0) is 21.8. The van der Waals surface area contributed by atoms with Crippen molar-refractivity contribution in [3.63, 3.8) is 0 Å². The van der Waals surface area contributed by atoms with E-state index in [1.807, 2.05) is 64.2 Å². The van der Waals surface area contributed by atoms with Gasteiger partial charge in [0.1, 0.15) is 24.7 Å². The molecular weight excluding hydrogens is 426 g/mol. The zero-order valence-electron chi connectivity index (χ0n) is 17.5. The van der Waals surface area contributed by atoms with E-state index < -0.39 is 0 Å². The van der Waals surface area contributed by atoms with Crippen LogP contribution in [0.25, 0.3) is 16.6 Å². The molecule has 1 aliphatic rings. The number of carbonyl (C=O) groups is 1. The molecule has 8 nitrogen and oxygen atoms in total. The lowest BCUT2D eigenvalue weighted by molar-refractivity contribution is -0.137. The van der Waals surface area contributed by atoms with Crippen LogP contribution in [0.5, 0.6) is 5.88 Å². The number of hydrogen-bond acceptors (Lipinski definition) is 7. The van der Waals surface area contributed by atoms with Crippen LogP contribution in [0.2, 0.25) is 0 Å². The fraction of sp³-hybridized carbons (Fsp3) is 0.304. The number of pyridine rings is 1. The van der Waals surface area contributed by atoms with Crippen LogP contribution in [0.4, 0.5) is 0 Å². The molecule has 4 aromatic rings. The lowest BCUT2D eigenvalue weighted by Gasteiger charge is -2.32. The van der Waals surface area contributed by atoms with E-state index in [2.05, 4.69) is 15.0 Å². The number of fused-ring (bicyclic) bond motifs is 2. The van der Waals surface area contributed by atoms with E-state index >= 15 is 0 Å². The third kappa shape index (κ3) is 4.68. The van der Waals surface area contributed by atoms with Crippen LogP contribution in [0.15, 0.2) is 61.2 Å². The van der Waals surface area contributed by atoms with Gasteiger partial charge >= 0.3 is 0 Å². The smallest absolute Gasteiger partial charge is 0.232 e. The first kappa shape index (κ1) is 20.7. The van der Waals surface area contributed by atoms with E-state index in [0.717, 1.165) is 22.2 Å². The molecule has 5 rings (SSSR count). The Kier molecular flexibility index (Phi) is 6.17. The van der Waals surface area contributed by atoms with E-state index in [4.69, 9.17) is 9.47 Å². The molecule has 1 atom stereocenters. The summed E-state index contributed by atoms with van der Waals surface area (Å²) < 4.78 is 13.7. The molecular formula is C23H23N5O3S. The summed E-state index contributed by atoms with van der Waals surface area (Å²) in [7, 11) is 0. The van der Waals surface area contributed by atoms with Crippen molar-refractivity contribution in [1.29, 1.82) is 0 Å². The van der Waals surface area contributed by atoms with Gasteiger partial charge in [0, 0.05) is 24.7 Å². The Bertz CT molecular complexity index is 1190. The Labute approximate surface area is 189 Å². The molecule has 0 radical (unpaired) electrons. The van der Waals surface area contributed by atoms with Gasteiger partial charge in [-0.25, -0.2) is 15.0 Å². The van der Waals surface area contributed by atoms with Crippen LogP contribution in [0, 0.1) is 0 Å². The molecule has 1 aliphatic heterocycles. The molecule has 1 amide bonds. The summed E-state index contributed by atoms with van der Waals surface area (Å²) in [5.74, 6) is 1.76. The molecule has 32 heavy (non-hydrogen) atoms. The van der Waals surface area contributed by atoms with Crippen LogP contribution in [0.3, 0.4) is 0 Å². The molecule has 0 N–H and O–H groups in total. The van der Waals surface area contributed by atoms with Gasteiger partial charge in [0.05, 0.1) is 35.5 Å². The molecule has 0 bridgehead atoms. The topological polar surface area (TPSA) is 81.9 Å². The maximum atomic E-state index is 12.7. The van der Waals surface area contributed by atoms with Crippen molar-refractivity contribution in [2.45, 2.75) is 11.9 Å². The maximum Gasteiger partial charge on any atom is 0.232 e. The predicted octanol–water partition coefficient (Wildman–Crippen LogP) is 2.82. The number of amides is 1. The van der Waals surface area contributed by atoms with Gasteiger partial charge in [0.25, 0.3) is 0 Å². The van der Waals surface area contributed by atoms with E-state index in [0.29, 0.717) is 43.7 Å². The van der Waals surface area contributed by atoms with Gasteiger partial charge in [0.15, 0.2) is 0 Å². The van der Waals surface area contributed by atoms with Crippen molar-refractivity contribution < 1.29 is 14.3 Å². The number of aromatic nitrogens is 4. The monoisotopic (exact) mass is 449 g/mol.